The van der Waals surface area contributed by atoms with E-state index in [0.29, 0.717) is 18.9 Å². The number of hydrogen-bond donors (Lipinski definition) is 1. The number of rotatable bonds is 4. The molecule has 20 heavy (non-hydrogen) atoms. The van der Waals surface area contributed by atoms with Gasteiger partial charge in [-0.15, -0.1) is 0 Å². The van der Waals surface area contributed by atoms with Crippen LogP contribution in [0.4, 0.5) is 0 Å². The maximum atomic E-state index is 11.0. The first kappa shape index (κ1) is 14.7. The summed E-state index contributed by atoms with van der Waals surface area (Å²) in [5.41, 5.74) is -0.237. The largest absolute Gasteiger partial charge is 0.486 e. The molecule has 110 valence electrons. The Kier molecular flexibility index (Phi) is 4.18. The minimum absolute atomic E-state index is 0.00892. The van der Waals surface area contributed by atoms with Crippen molar-refractivity contribution in [1.29, 1.82) is 0 Å². The monoisotopic (exact) mass is 279 g/mol. The van der Waals surface area contributed by atoms with E-state index < -0.39 is 5.97 Å². The van der Waals surface area contributed by atoms with Crippen molar-refractivity contribution in [2.75, 3.05) is 19.7 Å². The summed E-state index contributed by atoms with van der Waals surface area (Å²) in [5, 5.41) is 9.02. The molecule has 1 unspecified atom stereocenters. The highest BCUT2D eigenvalue weighted by Gasteiger charge is 2.29. The normalized spacial score (nSPS) is 18.1. The molecule has 1 heterocycles. The first-order chi connectivity index (χ1) is 9.36. The third kappa shape index (κ3) is 3.63. The van der Waals surface area contributed by atoms with Crippen LogP contribution in [0.25, 0.3) is 0 Å². The van der Waals surface area contributed by atoms with E-state index in [9.17, 15) is 4.79 Å². The summed E-state index contributed by atoms with van der Waals surface area (Å²) in [5.74, 6) is 0.620. The Morgan fingerprint density at radius 1 is 1.35 bits per heavy atom. The molecule has 5 heteroatoms. The van der Waals surface area contributed by atoms with E-state index in [1.807, 2.05) is 49.9 Å². The summed E-state index contributed by atoms with van der Waals surface area (Å²) in [6, 6.07) is 7.52. The number of fused-ring (bicyclic) bond motifs is 1. The van der Waals surface area contributed by atoms with Gasteiger partial charge in [0, 0.05) is 12.1 Å². The lowest BCUT2D eigenvalue weighted by molar-refractivity contribution is -0.140. The highest BCUT2D eigenvalue weighted by molar-refractivity contribution is 5.69. The number of carboxylic acid groups (broad SMARTS) is 1. The molecule has 0 aliphatic carbocycles. The summed E-state index contributed by atoms with van der Waals surface area (Å²) < 4.78 is 11.5. The van der Waals surface area contributed by atoms with E-state index in [-0.39, 0.29) is 18.2 Å². The van der Waals surface area contributed by atoms with Gasteiger partial charge in [0.15, 0.2) is 11.5 Å². The molecule has 1 aromatic carbocycles. The predicted octanol–water partition coefficient (Wildman–Crippen LogP) is 2.01. The number of carbonyl (C=O) groups is 1. The number of hydrogen-bond acceptors (Lipinski definition) is 4. The molecule has 0 amide bonds. The Labute approximate surface area is 119 Å². The minimum atomic E-state index is -0.836. The van der Waals surface area contributed by atoms with Gasteiger partial charge in [-0.1, -0.05) is 12.1 Å². The Hall–Kier alpha value is -1.75. The zero-order valence-corrected chi connectivity index (χ0v) is 12.1. The van der Waals surface area contributed by atoms with E-state index in [1.165, 1.54) is 0 Å². The average Bonchev–Trinajstić information content (AvgIpc) is 2.36. The van der Waals surface area contributed by atoms with Gasteiger partial charge in [0.2, 0.25) is 0 Å². The van der Waals surface area contributed by atoms with E-state index in [2.05, 4.69) is 0 Å². The minimum Gasteiger partial charge on any atom is -0.486 e. The highest BCUT2D eigenvalue weighted by atomic mass is 16.6. The Bertz CT molecular complexity index is 481. The van der Waals surface area contributed by atoms with Crippen LogP contribution in [-0.2, 0) is 4.79 Å². The van der Waals surface area contributed by atoms with Gasteiger partial charge in [-0.25, -0.2) is 0 Å². The van der Waals surface area contributed by atoms with E-state index in [1.54, 1.807) is 0 Å². The van der Waals surface area contributed by atoms with Crippen LogP contribution in [0.2, 0.25) is 0 Å². The van der Waals surface area contributed by atoms with Crippen molar-refractivity contribution < 1.29 is 19.4 Å². The molecule has 1 aliphatic rings. The smallest absolute Gasteiger partial charge is 0.317 e. The Morgan fingerprint density at radius 2 is 2.00 bits per heavy atom. The molecule has 5 nitrogen and oxygen atoms in total. The molecule has 0 aromatic heterocycles. The van der Waals surface area contributed by atoms with Crippen LogP contribution in [-0.4, -0.2) is 47.3 Å². The summed E-state index contributed by atoms with van der Waals surface area (Å²) in [4.78, 5) is 12.9. The first-order valence-corrected chi connectivity index (χ1v) is 6.71. The van der Waals surface area contributed by atoms with E-state index in [0.717, 1.165) is 5.75 Å². The molecular formula is C15H21NO4. The quantitative estimate of drug-likeness (QED) is 0.913. The molecule has 0 radical (unpaired) electrons. The number of nitrogens with zero attached hydrogens (tertiary/aromatic N) is 1. The fourth-order valence-corrected chi connectivity index (χ4v) is 2.14. The average molecular weight is 279 g/mol. The first-order valence-electron chi connectivity index (χ1n) is 6.71. The Morgan fingerprint density at radius 3 is 2.60 bits per heavy atom. The standard InChI is InChI=1S/C15H21NO4/c1-15(2,3)16(9-14(17)18)8-11-10-19-12-6-4-5-7-13(12)20-11/h4-7,11H,8-10H2,1-3H3,(H,17,18). The highest BCUT2D eigenvalue weighted by Crippen LogP contribution is 2.31. The van der Waals surface area contributed by atoms with Gasteiger partial charge >= 0.3 is 5.97 Å². The van der Waals surface area contributed by atoms with Crippen LogP contribution in [0.5, 0.6) is 11.5 Å². The maximum Gasteiger partial charge on any atom is 0.317 e. The summed E-state index contributed by atoms with van der Waals surface area (Å²) in [6.07, 6.45) is -0.163. The molecule has 0 spiro atoms. The van der Waals surface area contributed by atoms with Crippen LogP contribution >= 0.6 is 0 Å². The third-order valence-electron chi connectivity index (χ3n) is 3.27. The number of carboxylic acids is 1. The van der Waals surface area contributed by atoms with Crippen molar-refractivity contribution in [3.8, 4) is 11.5 Å². The zero-order valence-electron chi connectivity index (χ0n) is 12.1. The second-order valence-electron chi connectivity index (χ2n) is 5.94. The molecule has 0 bridgehead atoms. The van der Waals surface area contributed by atoms with Crippen molar-refractivity contribution in [2.24, 2.45) is 0 Å². The lowest BCUT2D eigenvalue weighted by Crippen LogP contribution is -2.50. The van der Waals surface area contributed by atoms with Crippen molar-refractivity contribution in [3.63, 3.8) is 0 Å². The van der Waals surface area contributed by atoms with Crippen LogP contribution in [0.1, 0.15) is 20.8 Å². The van der Waals surface area contributed by atoms with E-state index >= 15 is 0 Å². The van der Waals surface area contributed by atoms with Gasteiger partial charge in [-0.05, 0) is 32.9 Å². The second-order valence-corrected chi connectivity index (χ2v) is 5.94. The number of para-hydroxylation sites is 2. The van der Waals surface area contributed by atoms with Crippen molar-refractivity contribution in [1.82, 2.24) is 4.90 Å². The van der Waals surface area contributed by atoms with Crippen LogP contribution < -0.4 is 9.47 Å². The van der Waals surface area contributed by atoms with Crippen molar-refractivity contribution >= 4 is 5.97 Å². The fraction of sp³-hybridized carbons (Fsp3) is 0.533. The number of ether oxygens (including phenoxy) is 2. The Balaban J connectivity index is 2.04. The van der Waals surface area contributed by atoms with E-state index in [4.69, 9.17) is 14.6 Å². The molecule has 2 rings (SSSR count). The molecule has 1 N–H and O–H groups in total. The SMILES string of the molecule is CC(C)(C)N(CC(=O)O)CC1COc2ccccc2O1. The van der Waals surface area contributed by atoms with Gasteiger partial charge in [0.05, 0.1) is 6.54 Å². The van der Waals surface area contributed by atoms with Crippen LogP contribution in [0, 0.1) is 0 Å². The van der Waals surface area contributed by atoms with Crippen molar-refractivity contribution in [2.45, 2.75) is 32.4 Å². The molecule has 1 atom stereocenters. The molecular weight excluding hydrogens is 258 g/mol. The predicted molar refractivity (Wildman–Crippen MR) is 75.3 cm³/mol. The van der Waals surface area contributed by atoms with Gasteiger partial charge in [-0.3, -0.25) is 9.69 Å². The van der Waals surface area contributed by atoms with Gasteiger partial charge < -0.3 is 14.6 Å². The topological polar surface area (TPSA) is 59.0 Å². The molecule has 0 saturated heterocycles. The van der Waals surface area contributed by atoms with Crippen LogP contribution in [0.3, 0.4) is 0 Å². The summed E-state index contributed by atoms with van der Waals surface area (Å²) in [7, 11) is 0. The van der Waals surface area contributed by atoms with Gasteiger partial charge in [0.1, 0.15) is 12.7 Å². The molecule has 1 aliphatic heterocycles. The van der Waals surface area contributed by atoms with Crippen LogP contribution in [0.15, 0.2) is 24.3 Å². The molecule has 1 aromatic rings. The fourth-order valence-electron chi connectivity index (χ4n) is 2.14. The summed E-state index contributed by atoms with van der Waals surface area (Å²) in [6.45, 7) is 6.92. The molecule has 0 fully saturated rings. The number of aliphatic carboxylic acids is 1. The lowest BCUT2D eigenvalue weighted by atomic mass is 10.1. The van der Waals surface area contributed by atoms with Gasteiger partial charge in [-0.2, -0.15) is 0 Å². The third-order valence-corrected chi connectivity index (χ3v) is 3.27. The zero-order chi connectivity index (χ0) is 14.8. The second kappa shape index (κ2) is 5.71. The van der Waals surface area contributed by atoms with Gasteiger partial charge in [0.25, 0.3) is 0 Å². The summed E-state index contributed by atoms with van der Waals surface area (Å²) >= 11 is 0. The lowest BCUT2D eigenvalue weighted by Gasteiger charge is -2.38. The molecule has 0 saturated carbocycles. The number of benzene rings is 1. The van der Waals surface area contributed by atoms with Crippen molar-refractivity contribution in [3.05, 3.63) is 24.3 Å². The maximum absolute atomic E-state index is 11.0.